The minimum atomic E-state index is -0.902. The maximum atomic E-state index is 11.0. The molecule has 2 rings (SSSR count). The molecule has 1 aliphatic carbocycles. The number of halogens is 1. The summed E-state index contributed by atoms with van der Waals surface area (Å²) in [5.74, 6) is -1.46. The van der Waals surface area contributed by atoms with Gasteiger partial charge in [0.25, 0.3) is 0 Å². The first-order valence-corrected chi connectivity index (χ1v) is 5.97. The molecule has 1 aromatic carbocycles. The average molecular weight is 283 g/mol. The van der Waals surface area contributed by atoms with Crippen LogP contribution in [0.5, 0.6) is 0 Å². The number of hydrogen-bond acceptors (Lipinski definition) is 4. The summed E-state index contributed by atoms with van der Waals surface area (Å²) in [6.07, 6.45) is 3.64. The Morgan fingerprint density at radius 3 is 2.79 bits per heavy atom. The van der Waals surface area contributed by atoms with Crippen LogP contribution in [0.1, 0.15) is 6.42 Å². The monoisotopic (exact) mass is 282 g/mol. The van der Waals surface area contributed by atoms with E-state index in [1.165, 1.54) is 6.07 Å². The van der Waals surface area contributed by atoms with E-state index in [4.69, 9.17) is 16.7 Å². The van der Waals surface area contributed by atoms with Gasteiger partial charge in [0, 0.05) is 6.04 Å². The molecule has 0 saturated carbocycles. The molecule has 1 aromatic rings. The molecule has 2 unspecified atom stereocenters. The van der Waals surface area contributed by atoms with Gasteiger partial charge in [-0.3, -0.25) is 14.9 Å². The fourth-order valence-electron chi connectivity index (χ4n) is 2.01. The van der Waals surface area contributed by atoms with E-state index in [1.807, 2.05) is 0 Å². The molecule has 7 heteroatoms. The van der Waals surface area contributed by atoms with E-state index in [-0.39, 0.29) is 22.4 Å². The molecule has 2 atom stereocenters. The molecule has 0 spiro atoms. The number of nitrogens with one attached hydrogen (secondary N) is 1. The van der Waals surface area contributed by atoms with Crippen LogP contribution in [0.4, 0.5) is 11.4 Å². The molecule has 2 N–H and O–H groups in total. The molecule has 19 heavy (non-hydrogen) atoms. The summed E-state index contributed by atoms with van der Waals surface area (Å²) in [6, 6.07) is 4.34. The molecule has 0 radical (unpaired) electrons. The van der Waals surface area contributed by atoms with Gasteiger partial charge >= 0.3 is 11.7 Å². The van der Waals surface area contributed by atoms with Crippen LogP contribution in [0, 0.1) is 16.0 Å². The fourth-order valence-corrected chi connectivity index (χ4v) is 2.25. The molecule has 0 bridgehead atoms. The van der Waals surface area contributed by atoms with E-state index in [1.54, 1.807) is 24.3 Å². The minimum absolute atomic E-state index is 0.0479. The molecular weight excluding hydrogens is 272 g/mol. The zero-order valence-corrected chi connectivity index (χ0v) is 10.5. The van der Waals surface area contributed by atoms with Crippen LogP contribution in [0.2, 0.25) is 5.02 Å². The molecule has 0 heterocycles. The van der Waals surface area contributed by atoms with Gasteiger partial charge in [-0.05, 0) is 18.6 Å². The van der Waals surface area contributed by atoms with Crippen LogP contribution in [-0.4, -0.2) is 22.0 Å². The van der Waals surface area contributed by atoms with Crippen molar-refractivity contribution in [2.24, 2.45) is 5.92 Å². The van der Waals surface area contributed by atoms with Crippen LogP contribution in [0.15, 0.2) is 30.4 Å². The number of carbonyl (C=O) groups is 1. The second-order valence-corrected chi connectivity index (χ2v) is 4.62. The SMILES string of the molecule is O=C(O)C1C=CC(Nc2cccc(Cl)c2[N+](=O)[O-])C1. The molecular formula is C12H11ClN2O4. The Bertz CT molecular complexity index is 559. The number of carboxylic acids is 1. The topological polar surface area (TPSA) is 92.5 Å². The predicted octanol–water partition coefficient (Wildman–Crippen LogP) is 2.69. The van der Waals surface area contributed by atoms with Crippen molar-refractivity contribution in [3.8, 4) is 0 Å². The summed E-state index contributed by atoms with van der Waals surface area (Å²) in [7, 11) is 0. The lowest BCUT2D eigenvalue weighted by molar-refractivity contribution is -0.383. The summed E-state index contributed by atoms with van der Waals surface area (Å²) >= 11 is 5.80. The lowest BCUT2D eigenvalue weighted by atomic mass is 10.1. The van der Waals surface area contributed by atoms with E-state index in [0.717, 1.165) is 0 Å². The molecule has 0 amide bonds. The van der Waals surface area contributed by atoms with Crippen molar-refractivity contribution in [3.05, 3.63) is 45.5 Å². The Balaban J connectivity index is 2.17. The third-order valence-electron chi connectivity index (χ3n) is 2.91. The highest BCUT2D eigenvalue weighted by Crippen LogP contribution is 2.34. The number of para-hydroxylation sites is 1. The van der Waals surface area contributed by atoms with Crippen molar-refractivity contribution in [3.63, 3.8) is 0 Å². The maximum absolute atomic E-state index is 11.0. The average Bonchev–Trinajstić information content (AvgIpc) is 2.77. The van der Waals surface area contributed by atoms with Gasteiger partial charge in [-0.25, -0.2) is 0 Å². The number of nitro benzene ring substituents is 1. The van der Waals surface area contributed by atoms with Gasteiger partial charge in [0.05, 0.1) is 10.8 Å². The lowest BCUT2D eigenvalue weighted by Crippen LogP contribution is -2.19. The molecule has 0 fully saturated rings. The number of benzene rings is 1. The fraction of sp³-hybridized carbons (Fsp3) is 0.250. The number of aliphatic carboxylic acids is 1. The Morgan fingerprint density at radius 2 is 2.21 bits per heavy atom. The van der Waals surface area contributed by atoms with Crippen molar-refractivity contribution in [1.82, 2.24) is 0 Å². The number of carboxylic acid groups (broad SMARTS) is 1. The maximum Gasteiger partial charge on any atom is 0.310 e. The highest BCUT2D eigenvalue weighted by Gasteiger charge is 2.26. The van der Waals surface area contributed by atoms with E-state index < -0.39 is 16.8 Å². The Kier molecular flexibility index (Phi) is 3.71. The number of nitrogens with zero attached hydrogens (tertiary/aromatic N) is 1. The van der Waals surface area contributed by atoms with Crippen LogP contribution in [0.3, 0.4) is 0 Å². The lowest BCUT2D eigenvalue weighted by Gasteiger charge is -2.14. The summed E-state index contributed by atoms with van der Waals surface area (Å²) in [5.41, 5.74) is 0.0922. The van der Waals surface area contributed by atoms with Crippen molar-refractivity contribution in [2.75, 3.05) is 5.32 Å². The highest BCUT2D eigenvalue weighted by atomic mass is 35.5. The zero-order valence-electron chi connectivity index (χ0n) is 9.75. The van der Waals surface area contributed by atoms with Gasteiger partial charge in [-0.2, -0.15) is 0 Å². The Labute approximate surface area is 113 Å². The van der Waals surface area contributed by atoms with E-state index in [2.05, 4.69) is 5.32 Å². The number of anilines is 1. The van der Waals surface area contributed by atoms with Gasteiger partial charge in [0.1, 0.15) is 10.7 Å². The van der Waals surface area contributed by atoms with Crippen LogP contribution < -0.4 is 5.32 Å². The first-order valence-electron chi connectivity index (χ1n) is 5.59. The molecule has 6 nitrogen and oxygen atoms in total. The minimum Gasteiger partial charge on any atom is -0.481 e. The molecule has 0 aromatic heterocycles. The number of nitro groups is 1. The number of hydrogen-bond donors (Lipinski definition) is 2. The van der Waals surface area contributed by atoms with Crippen molar-refractivity contribution < 1.29 is 14.8 Å². The van der Waals surface area contributed by atoms with Crippen molar-refractivity contribution >= 4 is 28.9 Å². The third-order valence-corrected chi connectivity index (χ3v) is 3.22. The van der Waals surface area contributed by atoms with Gasteiger partial charge in [0.15, 0.2) is 0 Å². The summed E-state index contributed by atoms with van der Waals surface area (Å²) in [5, 5.41) is 22.8. The Hall–Kier alpha value is -2.08. The van der Waals surface area contributed by atoms with Crippen molar-refractivity contribution in [1.29, 1.82) is 0 Å². The highest BCUT2D eigenvalue weighted by molar-refractivity contribution is 6.33. The van der Waals surface area contributed by atoms with Gasteiger partial charge in [0.2, 0.25) is 0 Å². The van der Waals surface area contributed by atoms with E-state index in [9.17, 15) is 14.9 Å². The quantitative estimate of drug-likeness (QED) is 0.503. The van der Waals surface area contributed by atoms with Crippen LogP contribution in [0.25, 0.3) is 0 Å². The van der Waals surface area contributed by atoms with E-state index >= 15 is 0 Å². The van der Waals surface area contributed by atoms with Gasteiger partial charge < -0.3 is 10.4 Å². The van der Waals surface area contributed by atoms with E-state index in [0.29, 0.717) is 6.42 Å². The summed E-state index contributed by atoms with van der Waals surface area (Å²) < 4.78 is 0. The third kappa shape index (κ3) is 2.85. The second kappa shape index (κ2) is 5.27. The largest absolute Gasteiger partial charge is 0.481 e. The molecule has 0 aliphatic heterocycles. The summed E-state index contributed by atoms with van der Waals surface area (Å²) in [4.78, 5) is 21.2. The smallest absolute Gasteiger partial charge is 0.310 e. The van der Waals surface area contributed by atoms with Crippen LogP contribution >= 0.6 is 11.6 Å². The summed E-state index contributed by atoms with van der Waals surface area (Å²) in [6.45, 7) is 0. The first-order chi connectivity index (χ1) is 8.99. The normalized spacial score (nSPS) is 21.3. The molecule has 0 saturated heterocycles. The number of rotatable bonds is 4. The van der Waals surface area contributed by atoms with Gasteiger partial charge in [-0.1, -0.05) is 29.8 Å². The first kappa shape index (κ1) is 13.4. The van der Waals surface area contributed by atoms with Crippen LogP contribution in [-0.2, 0) is 4.79 Å². The predicted molar refractivity (Wildman–Crippen MR) is 70.4 cm³/mol. The Morgan fingerprint density at radius 1 is 1.47 bits per heavy atom. The molecule has 100 valence electrons. The molecule has 1 aliphatic rings. The zero-order chi connectivity index (χ0) is 14.0. The van der Waals surface area contributed by atoms with Gasteiger partial charge in [-0.15, -0.1) is 0 Å². The van der Waals surface area contributed by atoms with Crippen molar-refractivity contribution in [2.45, 2.75) is 12.5 Å². The standard InChI is InChI=1S/C12H11ClN2O4/c13-9-2-1-3-10(11(9)15(18)19)14-8-5-4-7(6-8)12(16)17/h1-5,7-8,14H,6H2,(H,16,17). The second-order valence-electron chi connectivity index (χ2n) is 4.21.